The molecule has 4 heteroatoms. The van der Waals surface area contributed by atoms with Crippen LogP contribution in [0, 0.1) is 17.2 Å². The lowest BCUT2D eigenvalue weighted by Gasteiger charge is -2.23. The summed E-state index contributed by atoms with van der Waals surface area (Å²) in [4.78, 5) is 12.1. The second-order valence-electron chi connectivity index (χ2n) is 4.28. The Bertz CT molecular complexity index is 505. The normalized spacial score (nSPS) is 31.2. The van der Waals surface area contributed by atoms with Crippen LogP contribution in [-0.4, -0.2) is 19.0 Å². The molecule has 2 N–H and O–H groups in total. The van der Waals surface area contributed by atoms with E-state index in [4.69, 9.17) is 5.26 Å². The molecule has 16 heavy (non-hydrogen) atoms. The molecule has 2 aliphatic rings. The molecule has 1 saturated heterocycles. The summed E-state index contributed by atoms with van der Waals surface area (Å²) in [6.45, 7) is 1.13. The second-order valence-corrected chi connectivity index (χ2v) is 4.28. The third kappa shape index (κ3) is 0.935. The minimum absolute atomic E-state index is 0.0507. The van der Waals surface area contributed by atoms with Crippen LogP contribution < -0.4 is 10.6 Å². The lowest BCUT2D eigenvalue weighted by molar-refractivity contribution is -0.120. The highest BCUT2D eigenvalue weighted by Gasteiger charge is 2.55. The topological polar surface area (TPSA) is 64.9 Å². The standard InChI is InChI=1S/C12H11N3O/c13-5-8-6-14-7-12(8)9-3-1-2-4-10(9)15-11(12)16/h1-4,8,14H,6-7H2,(H,15,16)/t8-,12-/m1/s1. The summed E-state index contributed by atoms with van der Waals surface area (Å²) in [5, 5.41) is 15.2. The van der Waals surface area contributed by atoms with Crippen LogP contribution in [0.4, 0.5) is 5.69 Å². The number of carbonyl (C=O) groups is 1. The monoisotopic (exact) mass is 213 g/mol. The highest BCUT2D eigenvalue weighted by Crippen LogP contribution is 2.44. The maximum Gasteiger partial charge on any atom is 0.237 e. The van der Waals surface area contributed by atoms with Crippen LogP contribution in [0.2, 0.25) is 0 Å². The molecule has 1 aromatic rings. The van der Waals surface area contributed by atoms with Gasteiger partial charge >= 0.3 is 0 Å². The van der Waals surface area contributed by atoms with Crippen molar-refractivity contribution in [1.82, 2.24) is 5.32 Å². The van der Waals surface area contributed by atoms with Gasteiger partial charge in [0, 0.05) is 18.8 Å². The van der Waals surface area contributed by atoms with Crippen molar-refractivity contribution in [3.8, 4) is 6.07 Å². The number of fused-ring (bicyclic) bond motifs is 2. The molecule has 0 radical (unpaired) electrons. The van der Waals surface area contributed by atoms with Crippen molar-refractivity contribution in [3.63, 3.8) is 0 Å². The van der Waals surface area contributed by atoms with Gasteiger partial charge in [-0.05, 0) is 11.6 Å². The number of hydrogen-bond donors (Lipinski definition) is 2. The molecule has 4 nitrogen and oxygen atoms in total. The molecule has 2 aliphatic heterocycles. The highest BCUT2D eigenvalue weighted by molar-refractivity contribution is 6.07. The second kappa shape index (κ2) is 3.06. The quantitative estimate of drug-likeness (QED) is 0.664. The van der Waals surface area contributed by atoms with Crippen molar-refractivity contribution in [1.29, 1.82) is 5.26 Å². The molecule has 0 aromatic heterocycles. The first-order valence-corrected chi connectivity index (χ1v) is 5.30. The van der Waals surface area contributed by atoms with Crippen molar-refractivity contribution < 1.29 is 4.79 Å². The van der Waals surface area contributed by atoms with Gasteiger partial charge in [0.1, 0.15) is 5.41 Å². The maximum absolute atomic E-state index is 12.1. The van der Waals surface area contributed by atoms with Gasteiger partial charge in [0.05, 0.1) is 12.0 Å². The van der Waals surface area contributed by atoms with Crippen molar-refractivity contribution in [2.45, 2.75) is 5.41 Å². The molecule has 0 unspecified atom stereocenters. The Morgan fingerprint density at radius 3 is 3.06 bits per heavy atom. The molecule has 0 saturated carbocycles. The zero-order valence-electron chi connectivity index (χ0n) is 8.66. The number of anilines is 1. The molecule has 1 amide bonds. The fourth-order valence-corrected chi connectivity index (χ4v) is 2.73. The number of para-hydroxylation sites is 1. The summed E-state index contributed by atoms with van der Waals surface area (Å²) in [6.07, 6.45) is 0. The number of nitriles is 1. The van der Waals surface area contributed by atoms with Gasteiger partial charge in [-0.3, -0.25) is 4.79 Å². The summed E-state index contributed by atoms with van der Waals surface area (Å²) in [7, 11) is 0. The van der Waals surface area contributed by atoms with E-state index in [0.717, 1.165) is 11.3 Å². The molecule has 3 rings (SSSR count). The zero-order chi connectivity index (χ0) is 11.2. The predicted octanol–water partition coefficient (Wildman–Crippen LogP) is 0.619. The molecule has 1 aromatic carbocycles. The van der Waals surface area contributed by atoms with E-state index in [9.17, 15) is 4.79 Å². The Morgan fingerprint density at radius 1 is 1.44 bits per heavy atom. The molecule has 0 aliphatic carbocycles. The summed E-state index contributed by atoms with van der Waals surface area (Å²) < 4.78 is 0. The third-order valence-corrected chi connectivity index (χ3v) is 3.56. The molecule has 0 bridgehead atoms. The SMILES string of the molecule is N#C[C@@H]1CNC[C@@]12C(=O)Nc1ccccc12. The molecule has 2 atom stereocenters. The Kier molecular flexibility index (Phi) is 1.79. The third-order valence-electron chi connectivity index (χ3n) is 3.56. The van der Waals surface area contributed by atoms with Crippen molar-refractivity contribution in [2.24, 2.45) is 5.92 Å². The van der Waals surface area contributed by atoms with E-state index >= 15 is 0 Å². The first-order chi connectivity index (χ1) is 7.79. The van der Waals surface area contributed by atoms with Gasteiger partial charge in [-0.25, -0.2) is 0 Å². The first-order valence-electron chi connectivity index (χ1n) is 5.30. The van der Waals surface area contributed by atoms with E-state index in [1.54, 1.807) is 0 Å². The van der Waals surface area contributed by atoms with E-state index < -0.39 is 5.41 Å². The fraction of sp³-hybridized carbons (Fsp3) is 0.333. The van der Waals surface area contributed by atoms with Gasteiger partial charge in [-0.1, -0.05) is 18.2 Å². The van der Waals surface area contributed by atoms with Gasteiger partial charge in [-0.2, -0.15) is 5.26 Å². The van der Waals surface area contributed by atoms with E-state index in [-0.39, 0.29) is 11.8 Å². The first kappa shape index (κ1) is 9.37. The lowest BCUT2D eigenvalue weighted by atomic mass is 9.74. The lowest BCUT2D eigenvalue weighted by Crippen LogP contribution is -2.41. The summed E-state index contributed by atoms with van der Waals surface area (Å²) in [5.41, 5.74) is 1.12. The van der Waals surface area contributed by atoms with Crippen LogP contribution in [-0.2, 0) is 10.2 Å². The van der Waals surface area contributed by atoms with Gasteiger partial charge in [0.15, 0.2) is 0 Å². The van der Waals surface area contributed by atoms with Crippen molar-refractivity contribution >= 4 is 11.6 Å². The van der Waals surface area contributed by atoms with E-state index in [1.807, 2.05) is 24.3 Å². The number of hydrogen-bond acceptors (Lipinski definition) is 3. The Labute approximate surface area is 93.3 Å². The molecule has 1 spiro atoms. The van der Waals surface area contributed by atoms with Crippen LogP contribution in [0.1, 0.15) is 5.56 Å². The molecule has 1 fully saturated rings. The number of nitrogens with one attached hydrogen (secondary N) is 2. The van der Waals surface area contributed by atoms with Gasteiger partial charge in [-0.15, -0.1) is 0 Å². The molecule has 2 heterocycles. The Morgan fingerprint density at radius 2 is 2.25 bits per heavy atom. The average Bonchev–Trinajstić information content (AvgIpc) is 2.85. The zero-order valence-corrected chi connectivity index (χ0v) is 8.66. The number of rotatable bonds is 0. The summed E-state index contributed by atoms with van der Waals surface area (Å²) in [6, 6.07) is 9.86. The van der Waals surface area contributed by atoms with Crippen LogP contribution in [0.15, 0.2) is 24.3 Å². The molecular weight excluding hydrogens is 202 g/mol. The molecular formula is C12H11N3O. The van der Waals surface area contributed by atoms with E-state index in [1.165, 1.54) is 0 Å². The number of nitrogens with zero attached hydrogens (tertiary/aromatic N) is 1. The smallest absolute Gasteiger partial charge is 0.237 e. The summed E-state index contributed by atoms with van der Waals surface area (Å²) >= 11 is 0. The predicted molar refractivity (Wildman–Crippen MR) is 58.7 cm³/mol. The van der Waals surface area contributed by atoms with Crippen LogP contribution in [0.5, 0.6) is 0 Å². The van der Waals surface area contributed by atoms with Crippen LogP contribution >= 0.6 is 0 Å². The minimum atomic E-state index is -0.675. The number of benzene rings is 1. The van der Waals surface area contributed by atoms with E-state index in [2.05, 4.69) is 16.7 Å². The van der Waals surface area contributed by atoms with Crippen molar-refractivity contribution in [2.75, 3.05) is 18.4 Å². The van der Waals surface area contributed by atoms with Crippen LogP contribution in [0.25, 0.3) is 0 Å². The van der Waals surface area contributed by atoms with Gasteiger partial charge in [0.2, 0.25) is 5.91 Å². The largest absolute Gasteiger partial charge is 0.325 e. The fourth-order valence-electron chi connectivity index (χ4n) is 2.73. The number of amides is 1. The van der Waals surface area contributed by atoms with Gasteiger partial charge < -0.3 is 10.6 Å². The Hall–Kier alpha value is -1.86. The van der Waals surface area contributed by atoms with Crippen LogP contribution in [0.3, 0.4) is 0 Å². The minimum Gasteiger partial charge on any atom is -0.325 e. The van der Waals surface area contributed by atoms with Gasteiger partial charge in [0.25, 0.3) is 0 Å². The highest BCUT2D eigenvalue weighted by atomic mass is 16.2. The van der Waals surface area contributed by atoms with Crippen molar-refractivity contribution in [3.05, 3.63) is 29.8 Å². The maximum atomic E-state index is 12.1. The van der Waals surface area contributed by atoms with E-state index in [0.29, 0.717) is 13.1 Å². The average molecular weight is 213 g/mol. The Balaban J connectivity index is 2.21. The summed E-state index contributed by atoms with van der Waals surface area (Å²) in [5.74, 6) is -0.332. The molecule has 80 valence electrons. The number of carbonyl (C=O) groups excluding carboxylic acids is 1.